The molecule has 1 N–H and O–H groups in total. The Morgan fingerprint density at radius 2 is 1.60 bits per heavy atom. The van der Waals surface area contributed by atoms with E-state index in [0.717, 1.165) is 22.2 Å². The third-order valence-corrected chi connectivity index (χ3v) is 3.64. The van der Waals surface area contributed by atoms with Gasteiger partial charge in [-0.25, -0.2) is 4.39 Å². The van der Waals surface area contributed by atoms with Crippen LogP contribution in [-0.4, -0.2) is 4.98 Å². The normalized spacial score (nSPS) is 12.0. The Labute approximate surface area is 118 Å². The second-order valence-electron chi connectivity index (χ2n) is 6.24. The fraction of sp³-hybridized carbons (Fsp3) is 0.222. The smallest absolute Gasteiger partial charge is 0.123 e. The Morgan fingerprint density at radius 3 is 2.25 bits per heavy atom. The first-order valence-electron chi connectivity index (χ1n) is 6.83. The molecule has 0 unspecified atom stereocenters. The molecule has 0 aliphatic carbocycles. The van der Waals surface area contributed by atoms with Crippen molar-refractivity contribution in [1.82, 2.24) is 4.98 Å². The lowest BCUT2D eigenvalue weighted by Gasteiger charge is -2.19. The number of rotatable bonds is 1. The highest BCUT2D eigenvalue weighted by Crippen LogP contribution is 2.28. The van der Waals surface area contributed by atoms with Crippen LogP contribution in [0.25, 0.3) is 22.2 Å². The summed E-state index contributed by atoms with van der Waals surface area (Å²) in [5, 5.41) is 0.903. The molecule has 0 saturated heterocycles. The van der Waals surface area contributed by atoms with Crippen LogP contribution < -0.4 is 0 Å². The van der Waals surface area contributed by atoms with Gasteiger partial charge in [0.15, 0.2) is 0 Å². The summed E-state index contributed by atoms with van der Waals surface area (Å²) >= 11 is 0. The lowest BCUT2D eigenvalue weighted by atomic mass is 9.86. The third kappa shape index (κ3) is 2.34. The van der Waals surface area contributed by atoms with Crippen LogP contribution >= 0.6 is 0 Å². The first-order chi connectivity index (χ1) is 9.43. The summed E-state index contributed by atoms with van der Waals surface area (Å²) in [6, 6.07) is 15.3. The fourth-order valence-electron chi connectivity index (χ4n) is 2.41. The quantitative estimate of drug-likeness (QED) is 0.618. The van der Waals surface area contributed by atoms with Gasteiger partial charge in [0.25, 0.3) is 0 Å². The van der Waals surface area contributed by atoms with E-state index in [1.54, 1.807) is 12.1 Å². The number of fused-ring (bicyclic) bond motifs is 1. The maximum Gasteiger partial charge on any atom is 0.123 e. The highest BCUT2D eigenvalue weighted by atomic mass is 19.1. The van der Waals surface area contributed by atoms with Gasteiger partial charge in [-0.2, -0.15) is 0 Å². The monoisotopic (exact) mass is 267 g/mol. The molecule has 1 aromatic heterocycles. The van der Waals surface area contributed by atoms with E-state index in [4.69, 9.17) is 0 Å². The lowest BCUT2D eigenvalue weighted by molar-refractivity contribution is 0.590. The van der Waals surface area contributed by atoms with Gasteiger partial charge in [0.2, 0.25) is 0 Å². The van der Waals surface area contributed by atoms with E-state index in [-0.39, 0.29) is 11.2 Å². The molecule has 0 fully saturated rings. The molecule has 0 aliphatic heterocycles. The number of hydrogen-bond acceptors (Lipinski definition) is 0. The molecular weight excluding hydrogens is 249 g/mol. The Kier molecular flexibility index (Phi) is 2.89. The molecule has 2 heteroatoms. The van der Waals surface area contributed by atoms with Crippen LogP contribution in [0.1, 0.15) is 26.3 Å². The van der Waals surface area contributed by atoms with Crippen LogP contribution in [0.5, 0.6) is 0 Å². The predicted octanol–water partition coefficient (Wildman–Crippen LogP) is 5.27. The molecule has 0 saturated carbocycles. The molecule has 0 amide bonds. The predicted molar refractivity (Wildman–Crippen MR) is 82.4 cm³/mol. The van der Waals surface area contributed by atoms with Crippen molar-refractivity contribution in [2.75, 3.05) is 0 Å². The lowest BCUT2D eigenvalue weighted by Crippen LogP contribution is -2.10. The van der Waals surface area contributed by atoms with Gasteiger partial charge in [0, 0.05) is 16.6 Å². The zero-order chi connectivity index (χ0) is 14.3. The number of hydrogen-bond donors (Lipinski definition) is 1. The van der Waals surface area contributed by atoms with Crippen molar-refractivity contribution in [3.05, 3.63) is 59.9 Å². The van der Waals surface area contributed by atoms with Crippen LogP contribution in [0.15, 0.2) is 48.5 Å². The topological polar surface area (TPSA) is 15.8 Å². The van der Waals surface area contributed by atoms with Crippen LogP contribution in [0, 0.1) is 5.82 Å². The molecule has 0 atom stereocenters. The van der Waals surface area contributed by atoms with Crippen molar-refractivity contribution in [3.8, 4) is 11.3 Å². The highest BCUT2D eigenvalue weighted by molar-refractivity contribution is 5.85. The van der Waals surface area contributed by atoms with Crippen molar-refractivity contribution < 1.29 is 4.39 Å². The van der Waals surface area contributed by atoms with Gasteiger partial charge in [-0.1, -0.05) is 45.0 Å². The number of H-pyrrole nitrogens is 1. The minimum absolute atomic E-state index is 0.155. The Morgan fingerprint density at radius 1 is 0.900 bits per heavy atom. The van der Waals surface area contributed by atoms with Gasteiger partial charge < -0.3 is 4.98 Å². The molecule has 1 nitrogen and oxygen atoms in total. The number of aromatic amines is 1. The van der Waals surface area contributed by atoms with Gasteiger partial charge in [-0.3, -0.25) is 0 Å². The summed E-state index contributed by atoms with van der Waals surface area (Å²) in [6.45, 7) is 6.61. The van der Waals surface area contributed by atoms with Gasteiger partial charge >= 0.3 is 0 Å². The SMILES string of the molecule is CC(C)(C)c1ccc(-c2cc3cc(F)ccc3[nH]2)cc1. The van der Waals surface area contributed by atoms with Crippen molar-refractivity contribution >= 4 is 10.9 Å². The van der Waals surface area contributed by atoms with Gasteiger partial charge in [-0.05, 0) is 40.8 Å². The van der Waals surface area contributed by atoms with Crippen molar-refractivity contribution in [2.45, 2.75) is 26.2 Å². The average molecular weight is 267 g/mol. The second kappa shape index (κ2) is 4.48. The molecule has 3 rings (SSSR count). The Balaban J connectivity index is 2.02. The Bertz CT molecular complexity index is 745. The summed E-state index contributed by atoms with van der Waals surface area (Å²) in [7, 11) is 0. The van der Waals surface area contributed by atoms with Gasteiger partial charge in [0.1, 0.15) is 5.82 Å². The number of aromatic nitrogens is 1. The third-order valence-electron chi connectivity index (χ3n) is 3.64. The molecule has 20 heavy (non-hydrogen) atoms. The molecule has 0 aliphatic rings. The van der Waals surface area contributed by atoms with Gasteiger partial charge in [-0.15, -0.1) is 0 Å². The highest BCUT2D eigenvalue weighted by Gasteiger charge is 2.13. The van der Waals surface area contributed by atoms with Crippen molar-refractivity contribution in [1.29, 1.82) is 0 Å². The van der Waals surface area contributed by atoms with Crippen LogP contribution in [-0.2, 0) is 5.41 Å². The number of benzene rings is 2. The summed E-state index contributed by atoms with van der Waals surface area (Å²) in [4.78, 5) is 3.33. The van der Waals surface area contributed by atoms with Crippen molar-refractivity contribution in [3.63, 3.8) is 0 Å². The van der Waals surface area contributed by atoms with Crippen molar-refractivity contribution in [2.24, 2.45) is 0 Å². The summed E-state index contributed by atoms with van der Waals surface area (Å²) in [5.74, 6) is -0.203. The molecular formula is C18H18FN. The van der Waals surface area contributed by atoms with E-state index in [1.165, 1.54) is 11.6 Å². The molecule has 2 aromatic carbocycles. The second-order valence-corrected chi connectivity index (χ2v) is 6.24. The summed E-state index contributed by atoms with van der Waals surface area (Å²) in [5.41, 5.74) is 4.56. The van der Waals surface area contributed by atoms with Crippen LogP contribution in [0.3, 0.4) is 0 Å². The molecule has 0 spiro atoms. The maximum absolute atomic E-state index is 13.2. The fourth-order valence-corrected chi connectivity index (χ4v) is 2.41. The zero-order valence-electron chi connectivity index (χ0n) is 12.0. The largest absolute Gasteiger partial charge is 0.355 e. The van der Waals surface area contributed by atoms with E-state index in [2.05, 4.69) is 50.0 Å². The van der Waals surface area contributed by atoms with E-state index >= 15 is 0 Å². The van der Waals surface area contributed by atoms with Gasteiger partial charge in [0.05, 0.1) is 0 Å². The number of nitrogens with one attached hydrogen (secondary N) is 1. The first-order valence-corrected chi connectivity index (χ1v) is 6.83. The van der Waals surface area contributed by atoms with Crippen LogP contribution in [0.4, 0.5) is 4.39 Å². The summed E-state index contributed by atoms with van der Waals surface area (Å²) in [6.07, 6.45) is 0. The molecule has 0 bridgehead atoms. The first kappa shape index (κ1) is 12.9. The molecule has 102 valence electrons. The molecule has 1 heterocycles. The standard InChI is InChI=1S/C18H18FN/c1-18(2,3)14-6-4-12(5-7-14)17-11-13-10-15(19)8-9-16(13)20-17/h4-11,20H,1-3H3. The number of halogens is 1. The molecule has 3 aromatic rings. The zero-order valence-corrected chi connectivity index (χ0v) is 12.0. The average Bonchev–Trinajstić information content (AvgIpc) is 2.80. The maximum atomic E-state index is 13.2. The molecule has 0 radical (unpaired) electrons. The van der Waals surface area contributed by atoms with E-state index < -0.39 is 0 Å². The van der Waals surface area contributed by atoms with E-state index in [9.17, 15) is 4.39 Å². The van der Waals surface area contributed by atoms with E-state index in [1.807, 2.05) is 6.07 Å². The Hall–Kier alpha value is -2.09. The van der Waals surface area contributed by atoms with E-state index in [0.29, 0.717) is 0 Å². The van der Waals surface area contributed by atoms with Crippen LogP contribution in [0.2, 0.25) is 0 Å². The summed E-state index contributed by atoms with van der Waals surface area (Å²) < 4.78 is 13.2. The minimum Gasteiger partial charge on any atom is -0.355 e. The minimum atomic E-state index is -0.203.